The summed E-state index contributed by atoms with van der Waals surface area (Å²) in [6, 6.07) is 11.8. The molecule has 0 radical (unpaired) electrons. The number of hydrogen-bond donors (Lipinski definition) is 1. The van der Waals surface area contributed by atoms with Crippen LogP contribution in [0.1, 0.15) is 26.3 Å². The molecule has 1 amide bonds. The lowest BCUT2D eigenvalue weighted by molar-refractivity contribution is -0.114. The van der Waals surface area contributed by atoms with Gasteiger partial charge in [0.25, 0.3) is 0 Å². The highest BCUT2D eigenvalue weighted by atomic mass is 35.5. The molecule has 1 N–H and O–H groups in total. The molecule has 2 rings (SSSR count). The van der Waals surface area contributed by atoms with Crippen LogP contribution in [0.4, 0.5) is 11.4 Å². The zero-order valence-corrected chi connectivity index (χ0v) is 17.9. The molecule has 0 aliphatic rings. The Kier molecular flexibility index (Phi) is 6.45. The van der Waals surface area contributed by atoms with Crippen molar-refractivity contribution in [3.8, 4) is 0 Å². The number of benzene rings is 2. The number of amides is 1. The second-order valence-corrected chi connectivity index (χ2v) is 9.99. The van der Waals surface area contributed by atoms with Gasteiger partial charge in [-0.05, 0) is 41.3 Å². The van der Waals surface area contributed by atoms with E-state index in [1.807, 2.05) is 12.1 Å². The Morgan fingerprint density at radius 1 is 1.07 bits per heavy atom. The standard InChI is InChI=1S/C19H22Cl2N2O3S/c1-19(2,3)13-5-8-15(9-6-13)23(27(4,25)26)12-18(24)22-17-11-14(20)7-10-16(17)21/h5-11H,12H2,1-4H3,(H,22,24). The van der Waals surface area contributed by atoms with Gasteiger partial charge in [-0.1, -0.05) is 56.1 Å². The summed E-state index contributed by atoms with van der Waals surface area (Å²) in [5.74, 6) is -0.524. The summed E-state index contributed by atoms with van der Waals surface area (Å²) in [6.45, 7) is 5.83. The van der Waals surface area contributed by atoms with Crippen LogP contribution >= 0.6 is 23.2 Å². The quantitative estimate of drug-likeness (QED) is 0.750. The van der Waals surface area contributed by atoms with E-state index in [9.17, 15) is 13.2 Å². The first-order chi connectivity index (χ1) is 12.4. The van der Waals surface area contributed by atoms with Gasteiger partial charge in [0.05, 0.1) is 22.7 Å². The maximum Gasteiger partial charge on any atom is 0.245 e. The van der Waals surface area contributed by atoms with Crippen LogP contribution < -0.4 is 9.62 Å². The Bertz CT molecular complexity index is 936. The summed E-state index contributed by atoms with van der Waals surface area (Å²) in [7, 11) is -3.66. The van der Waals surface area contributed by atoms with Crippen molar-refractivity contribution in [3.63, 3.8) is 0 Å². The van der Waals surface area contributed by atoms with Crippen molar-refractivity contribution >= 4 is 50.5 Å². The first-order valence-electron chi connectivity index (χ1n) is 8.21. The summed E-state index contributed by atoms with van der Waals surface area (Å²) in [5, 5.41) is 3.32. The summed E-state index contributed by atoms with van der Waals surface area (Å²) in [5.41, 5.74) is 1.74. The number of anilines is 2. The molecule has 8 heteroatoms. The van der Waals surface area contributed by atoms with Crippen molar-refractivity contribution < 1.29 is 13.2 Å². The number of rotatable bonds is 5. The van der Waals surface area contributed by atoms with Crippen LogP contribution in [-0.4, -0.2) is 27.1 Å². The molecule has 0 fully saturated rings. The second-order valence-electron chi connectivity index (χ2n) is 7.24. The fourth-order valence-corrected chi connectivity index (χ4v) is 3.63. The molecule has 27 heavy (non-hydrogen) atoms. The fraction of sp³-hybridized carbons (Fsp3) is 0.316. The molecule has 2 aromatic carbocycles. The molecule has 146 valence electrons. The molecule has 0 bridgehead atoms. The first kappa shape index (κ1) is 21.5. The van der Waals surface area contributed by atoms with Crippen LogP contribution in [0, 0.1) is 0 Å². The average Bonchev–Trinajstić information content (AvgIpc) is 2.54. The van der Waals surface area contributed by atoms with Crippen LogP contribution in [0.25, 0.3) is 0 Å². The van der Waals surface area contributed by atoms with E-state index < -0.39 is 15.9 Å². The van der Waals surface area contributed by atoms with E-state index in [1.54, 1.807) is 24.3 Å². The van der Waals surface area contributed by atoms with E-state index in [0.717, 1.165) is 16.1 Å². The van der Waals surface area contributed by atoms with Gasteiger partial charge < -0.3 is 5.32 Å². The van der Waals surface area contributed by atoms with Gasteiger partial charge in [0.2, 0.25) is 15.9 Å². The smallest absolute Gasteiger partial charge is 0.245 e. The Balaban J connectivity index is 2.25. The lowest BCUT2D eigenvalue weighted by atomic mass is 9.87. The van der Waals surface area contributed by atoms with Crippen LogP contribution in [-0.2, 0) is 20.2 Å². The number of carbonyl (C=O) groups excluding carboxylic acids is 1. The Hall–Kier alpha value is -1.76. The summed E-state index contributed by atoms with van der Waals surface area (Å²) >= 11 is 11.9. The van der Waals surface area contributed by atoms with Crippen LogP contribution in [0.5, 0.6) is 0 Å². The first-order valence-corrected chi connectivity index (χ1v) is 10.8. The highest BCUT2D eigenvalue weighted by Gasteiger charge is 2.22. The van der Waals surface area contributed by atoms with Crippen LogP contribution in [0.2, 0.25) is 10.0 Å². The van der Waals surface area contributed by atoms with Gasteiger partial charge >= 0.3 is 0 Å². The minimum absolute atomic E-state index is 0.0604. The highest BCUT2D eigenvalue weighted by Crippen LogP contribution is 2.27. The Labute approximate surface area is 170 Å². The van der Waals surface area contributed by atoms with Gasteiger partial charge in [0, 0.05) is 5.02 Å². The molecular formula is C19H22Cl2N2O3S. The molecular weight excluding hydrogens is 407 g/mol. The zero-order chi connectivity index (χ0) is 20.4. The van der Waals surface area contributed by atoms with Crippen molar-refractivity contribution in [2.75, 3.05) is 22.4 Å². The van der Waals surface area contributed by atoms with E-state index in [1.165, 1.54) is 6.07 Å². The second kappa shape index (κ2) is 8.09. The number of hydrogen-bond acceptors (Lipinski definition) is 3. The third-order valence-electron chi connectivity index (χ3n) is 3.91. The van der Waals surface area contributed by atoms with Crippen molar-refractivity contribution in [2.45, 2.75) is 26.2 Å². The predicted octanol–water partition coefficient (Wildman–Crippen LogP) is 4.70. The largest absolute Gasteiger partial charge is 0.323 e. The fourth-order valence-electron chi connectivity index (χ4n) is 2.44. The zero-order valence-electron chi connectivity index (χ0n) is 15.6. The molecule has 0 saturated carbocycles. The molecule has 0 spiro atoms. The van der Waals surface area contributed by atoms with Crippen molar-refractivity contribution in [2.24, 2.45) is 0 Å². The van der Waals surface area contributed by atoms with Gasteiger partial charge in [-0.25, -0.2) is 8.42 Å². The monoisotopic (exact) mass is 428 g/mol. The van der Waals surface area contributed by atoms with Gasteiger partial charge in [-0.15, -0.1) is 0 Å². The van der Waals surface area contributed by atoms with E-state index in [-0.39, 0.29) is 12.0 Å². The summed E-state index contributed by atoms with van der Waals surface area (Å²) < 4.78 is 25.5. The highest BCUT2D eigenvalue weighted by molar-refractivity contribution is 7.92. The minimum Gasteiger partial charge on any atom is -0.323 e. The molecule has 0 atom stereocenters. The van der Waals surface area contributed by atoms with Gasteiger partial charge in [-0.3, -0.25) is 9.10 Å². The number of sulfonamides is 1. The average molecular weight is 429 g/mol. The summed E-state index contributed by atoms with van der Waals surface area (Å²) in [4.78, 5) is 12.4. The lowest BCUT2D eigenvalue weighted by Crippen LogP contribution is -2.37. The molecule has 0 saturated heterocycles. The van der Waals surface area contributed by atoms with Crippen LogP contribution in [0.15, 0.2) is 42.5 Å². The van der Waals surface area contributed by atoms with Crippen molar-refractivity contribution in [1.82, 2.24) is 0 Å². The third-order valence-corrected chi connectivity index (χ3v) is 5.62. The Morgan fingerprint density at radius 2 is 1.67 bits per heavy atom. The maximum atomic E-state index is 12.4. The SMILES string of the molecule is CC(C)(C)c1ccc(N(CC(=O)Nc2cc(Cl)ccc2Cl)S(C)(=O)=O)cc1. The van der Waals surface area contributed by atoms with Gasteiger partial charge in [-0.2, -0.15) is 0 Å². The topological polar surface area (TPSA) is 66.5 Å². The number of nitrogens with one attached hydrogen (secondary N) is 1. The predicted molar refractivity (Wildman–Crippen MR) is 112 cm³/mol. The van der Waals surface area contributed by atoms with E-state index in [2.05, 4.69) is 26.1 Å². The molecule has 0 aliphatic carbocycles. The van der Waals surface area contributed by atoms with E-state index in [4.69, 9.17) is 23.2 Å². The molecule has 0 aromatic heterocycles. The number of carbonyl (C=O) groups is 1. The molecule has 0 heterocycles. The molecule has 5 nitrogen and oxygen atoms in total. The van der Waals surface area contributed by atoms with Gasteiger partial charge in [0.1, 0.15) is 6.54 Å². The maximum absolute atomic E-state index is 12.4. The van der Waals surface area contributed by atoms with Crippen LogP contribution in [0.3, 0.4) is 0 Å². The number of nitrogens with zero attached hydrogens (tertiary/aromatic N) is 1. The minimum atomic E-state index is -3.66. The van der Waals surface area contributed by atoms with Crippen molar-refractivity contribution in [1.29, 1.82) is 0 Å². The van der Waals surface area contributed by atoms with Gasteiger partial charge in [0.15, 0.2) is 0 Å². The molecule has 0 aliphatic heterocycles. The van der Waals surface area contributed by atoms with Crippen molar-refractivity contribution in [3.05, 3.63) is 58.1 Å². The third kappa shape index (κ3) is 5.86. The van der Waals surface area contributed by atoms with E-state index >= 15 is 0 Å². The number of halogens is 2. The lowest BCUT2D eigenvalue weighted by Gasteiger charge is -2.24. The molecule has 2 aromatic rings. The Morgan fingerprint density at radius 3 is 2.19 bits per heavy atom. The normalized spacial score (nSPS) is 11.9. The van der Waals surface area contributed by atoms with E-state index in [0.29, 0.717) is 21.4 Å². The molecule has 0 unspecified atom stereocenters. The summed E-state index contributed by atoms with van der Waals surface area (Å²) in [6.07, 6.45) is 1.06.